The Morgan fingerprint density at radius 2 is 1.95 bits per heavy atom. The van der Waals surface area contributed by atoms with Gasteiger partial charge in [-0.25, -0.2) is 9.97 Å². The molecule has 0 unspecified atom stereocenters. The fraction of sp³-hybridized carbons (Fsp3) is 0.733. The zero-order valence-corrected chi connectivity index (χ0v) is 12.8. The van der Waals surface area contributed by atoms with Gasteiger partial charge in [0.05, 0.1) is 0 Å². The number of nitrogens with zero attached hydrogens (tertiary/aromatic N) is 4. The van der Waals surface area contributed by atoms with E-state index >= 15 is 0 Å². The van der Waals surface area contributed by atoms with Crippen LogP contribution in [0.4, 0.5) is 5.95 Å². The number of aromatic nitrogens is 2. The van der Waals surface area contributed by atoms with Crippen LogP contribution in [0.1, 0.15) is 46.2 Å². The lowest BCUT2D eigenvalue weighted by Gasteiger charge is -2.41. The summed E-state index contributed by atoms with van der Waals surface area (Å²) < 4.78 is 0. The van der Waals surface area contributed by atoms with E-state index in [0.29, 0.717) is 18.0 Å². The fourth-order valence-corrected chi connectivity index (χ4v) is 2.57. The van der Waals surface area contributed by atoms with Crippen molar-refractivity contribution in [1.82, 2.24) is 14.9 Å². The van der Waals surface area contributed by atoms with Crippen molar-refractivity contribution in [3.63, 3.8) is 0 Å². The number of hydrogen-bond donors (Lipinski definition) is 0. The highest BCUT2D eigenvalue weighted by molar-refractivity contribution is 5.33. The maximum atomic E-state index is 4.71. The summed E-state index contributed by atoms with van der Waals surface area (Å²) in [5, 5.41) is 0. The first-order chi connectivity index (χ1) is 8.99. The molecule has 2 rings (SSSR count). The molecule has 1 atom stereocenters. The molecule has 4 heteroatoms. The predicted octanol–water partition coefficient (Wildman–Crippen LogP) is 2.52. The standard InChI is InChI=1S/C15H26N4/c1-11(2)14-6-7-16-15(17-14)19-9-8-18(12(3)4)10-13(19)5/h6-7,11-13H,8-10H2,1-5H3/t13-/m0/s1. The van der Waals surface area contributed by atoms with Crippen molar-refractivity contribution in [2.75, 3.05) is 24.5 Å². The number of piperazine rings is 1. The fourth-order valence-electron chi connectivity index (χ4n) is 2.57. The molecule has 1 aromatic rings. The quantitative estimate of drug-likeness (QED) is 0.838. The third kappa shape index (κ3) is 3.24. The minimum absolute atomic E-state index is 0.453. The van der Waals surface area contributed by atoms with Gasteiger partial charge in [-0.05, 0) is 32.8 Å². The van der Waals surface area contributed by atoms with E-state index < -0.39 is 0 Å². The average Bonchev–Trinajstić information content (AvgIpc) is 2.38. The second-order valence-electron chi connectivity index (χ2n) is 6.07. The van der Waals surface area contributed by atoms with Crippen molar-refractivity contribution in [1.29, 1.82) is 0 Å². The molecular formula is C15H26N4. The minimum Gasteiger partial charge on any atom is -0.336 e. The first-order valence-electron chi connectivity index (χ1n) is 7.32. The van der Waals surface area contributed by atoms with E-state index in [1.54, 1.807) is 0 Å². The van der Waals surface area contributed by atoms with Gasteiger partial charge in [0, 0.05) is 43.6 Å². The van der Waals surface area contributed by atoms with Gasteiger partial charge in [0.25, 0.3) is 0 Å². The molecule has 0 saturated carbocycles. The Morgan fingerprint density at radius 1 is 1.21 bits per heavy atom. The summed E-state index contributed by atoms with van der Waals surface area (Å²) in [5.41, 5.74) is 1.13. The Kier molecular flexibility index (Phi) is 4.40. The molecule has 1 saturated heterocycles. The highest BCUT2D eigenvalue weighted by Gasteiger charge is 2.26. The molecule has 1 aromatic heterocycles. The second-order valence-corrected chi connectivity index (χ2v) is 6.07. The zero-order chi connectivity index (χ0) is 14.0. The Hall–Kier alpha value is -1.16. The van der Waals surface area contributed by atoms with E-state index in [-0.39, 0.29) is 0 Å². The topological polar surface area (TPSA) is 32.3 Å². The molecule has 0 spiro atoms. The molecule has 0 aromatic carbocycles. The van der Waals surface area contributed by atoms with Crippen LogP contribution in [-0.2, 0) is 0 Å². The summed E-state index contributed by atoms with van der Waals surface area (Å²) in [5.74, 6) is 1.34. The van der Waals surface area contributed by atoms with Crippen LogP contribution in [0.15, 0.2) is 12.3 Å². The first-order valence-corrected chi connectivity index (χ1v) is 7.32. The van der Waals surface area contributed by atoms with Gasteiger partial charge in [-0.2, -0.15) is 0 Å². The maximum absolute atomic E-state index is 4.71. The van der Waals surface area contributed by atoms with Gasteiger partial charge in [-0.1, -0.05) is 13.8 Å². The van der Waals surface area contributed by atoms with Crippen molar-refractivity contribution in [3.8, 4) is 0 Å². The van der Waals surface area contributed by atoms with Crippen LogP contribution < -0.4 is 4.90 Å². The maximum Gasteiger partial charge on any atom is 0.225 e. The molecule has 0 bridgehead atoms. The van der Waals surface area contributed by atoms with Crippen LogP contribution >= 0.6 is 0 Å². The minimum atomic E-state index is 0.453. The molecule has 1 fully saturated rings. The van der Waals surface area contributed by atoms with Crippen molar-refractivity contribution >= 4 is 5.95 Å². The van der Waals surface area contributed by atoms with Crippen molar-refractivity contribution < 1.29 is 0 Å². The number of hydrogen-bond acceptors (Lipinski definition) is 4. The van der Waals surface area contributed by atoms with E-state index in [4.69, 9.17) is 4.98 Å². The molecule has 19 heavy (non-hydrogen) atoms. The summed E-state index contributed by atoms with van der Waals surface area (Å²) >= 11 is 0. The molecule has 4 nitrogen and oxygen atoms in total. The van der Waals surface area contributed by atoms with Crippen LogP contribution in [0.2, 0.25) is 0 Å². The van der Waals surface area contributed by atoms with Gasteiger partial charge in [-0.3, -0.25) is 4.90 Å². The molecule has 1 aliphatic heterocycles. The number of anilines is 1. The number of rotatable bonds is 3. The van der Waals surface area contributed by atoms with Gasteiger partial charge in [-0.15, -0.1) is 0 Å². The summed E-state index contributed by atoms with van der Waals surface area (Å²) in [7, 11) is 0. The molecular weight excluding hydrogens is 236 g/mol. The van der Waals surface area contributed by atoms with E-state index in [9.17, 15) is 0 Å². The molecule has 106 valence electrons. The molecule has 0 amide bonds. The Balaban J connectivity index is 2.12. The third-order valence-electron chi connectivity index (χ3n) is 3.90. The molecule has 0 radical (unpaired) electrons. The lowest BCUT2D eigenvalue weighted by atomic mass is 10.1. The van der Waals surface area contributed by atoms with E-state index in [1.165, 1.54) is 0 Å². The molecule has 0 N–H and O–H groups in total. The SMILES string of the molecule is CC(C)c1ccnc(N2CCN(C(C)C)C[C@@H]2C)n1. The van der Waals surface area contributed by atoms with Crippen molar-refractivity contribution in [2.45, 2.75) is 52.6 Å². The van der Waals surface area contributed by atoms with Crippen LogP contribution in [0.5, 0.6) is 0 Å². The van der Waals surface area contributed by atoms with Gasteiger partial charge in [0.15, 0.2) is 0 Å². The molecule has 0 aliphatic carbocycles. The summed E-state index contributed by atoms with van der Waals surface area (Å²) in [6.45, 7) is 14.3. The normalized spacial score (nSPS) is 21.4. The van der Waals surface area contributed by atoms with Crippen LogP contribution in [0, 0.1) is 0 Å². The monoisotopic (exact) mass is 262 g/mol. The smallest absolute Gasteiger partial charge is 0.225 e. The predicted molar refractivity (Wildman–Crippen MR) is 79.6 cm³/mol. The Labute approximate surface area is 116 Å². The van der Waals surface area contributed by atoms with E-state index in [1.807, 2.05) is 12.3 Å². The largest absolute Gasteiger partial charge is 0.336 e. The van der Waals surface area contributed by atoms with Gasteiger partial charge in [0.2, 0.25) is 5.95 Å². The Morgan fingerprint density at radius 3 is 2.53 bits per heavy atom. The van der Waals surface area contributed by atoms with Crippen LogP contribution in [-0.4, -0.2) is 46.6 Å². The second kappa shape index (κ2) is 5.87. The van der Waals surface area contributed by atoms with Gasteiger partial charge < -0.3 is 4.90 Å². The molecule has 2 heterocycles. The van der Waals surface area contributed by atoms with Crippen LogP contribution in [0.3, 0.4) is 0 Å². The Bertz CT molecular complexity index is 416. The van der Waals surface area contributed by atoms with Gasteiger partial charge in [0.1, 0.15) is 0 Å². The van der Waals surface area contributed by atoms with Crippen molar-refractivity contribution in [2.24, 2.45) is 0 Å². The zero-order valence-electron chi connectivity index (χ0n) is 12.8. The van der Waals surface area contributed by atoms with Crippen molar-refractivity contribution in [3.05, 3.63) is 18.0 Å². The van der Waals surface area contributed by atoms with E-state index in [2.05, 4.69) is 49.4 Å². The average molecular weight is 262 g/mol. The lowest BCUT2D eigenvalue weighted by Crippen LogP contribution is -2.54. The third-order valence-corrected chi connectivity index (χ3v) is 3.90. The van der Waals surface area contributed by atoms with E-state index in [0.717, 1.165) is 31.3 Å². The summed E-state index contributed by atoms with van der Waals surface area (Å²) in [6, 6.07) is 3.11. The van der Waals surface area contributed by atoms with Gasteiger partial charge >= 0.3 is 0 Å². The highest BCUT2D eigenvalue weighted by atomic mass is 15.3. The summed E-state index contributed by atoms with van der Waals surface area (Å²) in [6.07, 6.45) is 1.89. The highest BCUT2D eigenvalue weighted by Crippen LogP contribution is 2.20. The summed E-state index contributed by atoms with van der Waals surface area (Å²) in [4.78, 5) is 14.0. The molecule has 1 aliphatic rings. The first kappa shape index (κ1) is 14.3. The lowest BCUT2D eigenvalue weighted by molar-refractivity contribution is 0.184. The van der Waals surface area contributed by atoms with Crippen LogP contribution in [0.25, 0.3) is 0 Å².